The van der Waals surface area contributed by atoms with Crippen molar-refractivity contribution in [2.45, 2.75) is 33.7 Å². The number of carboxylic acid groups (broad SMARTS) is 1. The molecule has 0 saturated heterocycles. The van der Waals surface area contributed by atoms with Crippen LogP contribution >= 0.6 is 0 Å². The van der Waals surface area contributed by atoms with Crippen LogP contribution in [0.15, 0.2) is 30.5 Å². The SMILES string of the molecule is CCc1c(C(=O)Nc2ccc3c(ccn3CC(=O)O)c2)[nH]c(C)c1C(C)=O. The van der Waals surface area contributed by atoms with Gasteiger partial charge >= 0.3 is 5.97 Å². The van der Waals surface area contributed by atoms with E-state index in [-0.39, 0.29) is 18.2 Å². The van der Waals surface area contributed by atoms with Crippen molar-refractivity contribution in [1.29, 1.82) is 0 Å². The normalized spacial score (nSPS) is 10.9. The molecule has 7 heteroatoms. The lowest BCUT2D eigenvalue weighted by molar-refractivity contribution is -0.137. The molecule has 140 valence electrons. The summed E-state index contributed by atoms with van der Waals surface area (Å²) in [6, 6.07) is 7.10. The molecule has 2 aromatic heterocycles. The lowest BCUT2D eigenvalue weighted by Gasteiger charge is -2.07. The van der Waals surface area contributed by atoms with Gasteiger partial charge in [0.2, 0.25) is 0 Å². The van der Waals surface area contributed by atoms with Crippen molar-refractivity contribution in [3.63, 3.8) is 0 Å². The Balaban J connectivity index is 1.89. The molecule has 1 aromatic carbocycles. The molecule has 0 aliphatic heterocycles. The number of hydrogen-bond donors (Lipinski definition) is 3. The molecular weight excluding hydrogens is 346 g/mol. The number of anilines is 1. The van der Waals surface area contributed by atoms with Crippen LogP contribution in [-0.2, 0) is 17.8 Å². The van der Waals surface area contributed by atoms with Crippen molar-refractivity contribution in [2.75, 3.05) is 5.32 Å². The molecule has 27 heavy (non-hydrogen) atoms. The first-order valence-electron chi connectivity index (χ1n) is 8.66. The van der Waals surface area contributed by atoms with Crippen LogP contribution in [0.3, 0.4) is 0 Å². The number of carbonyl (C=O) groups excluding carboxylic acids is 2. The van der Waals surface area contributed by atoms with Crippen LogP contribution in [0.4, 0.5) is 5.69 Å². The molecule has 3 N–H and O–H groups in total. The highest BCUT2D eigenvalue weighted by Crippen LogP contribution is 2.24. The third kappa shape index (κ3) is 3.48. The first kappa shape index (κ1) is 18.4. The highest BCUT2D eigenvalue weighted by molar-refractivity contribution is 6.08. The molecular formula is C20H21N3O4. The first-order valence-corrected chi connectivity index (χ1v) is 8.66. The molecule has 0 atom stereocenters. The second-order valence-corrected chi connectivity index (χ2v) is 6.45. The summed E-state index contributed by atoms with van der Waals surface area (Å²) in [6.07, 6.45) is 2.27. The Hall–Kier alpha value is -3.35. The average molecular weight is 367 g/mol. The first-order chi connectivity index (χ1) is 12.8. The van der Waals surface area contributed by atoms with Gasteiger partial charge in [0.25, 0.3) is 5.91 Å². The van der Waals surface area contributed by atoms with Crippen LogP contribution in [0.2, 0.25) is 0 Å². The van der Waals surface area contributed by atoms with Gasteiger partial charge in [0.05, 0.1) is 0 Å². The van der Waals surface area contributed by atoms with Crippen molar-refractivity contribution in [2.24, 2.45) is 0 Å². The minimum Gasteiger partial charge on any atom is -0.480 e. The number of aliphatic carboxylic acids is 1. The number of nitrogens with zero attached hydrogens (tertiary/aromatic N) is 1. The summed E-state index contributed by atoms with van der Waals surface area (Å²) in [5.74, 6) is -1.30. The number of aromatic amines is 1. The third-order valence-electron chi connectivity index (χ3n) is 4.56. The number of hydrogen-bond acceptors (Lipinski definition) is 3. The van der Waals surface area contributed by atoms with E-state index in [9.17, 15) is 14.4 Å². The number of Topliss-reactive ketones (excluding diaryl/α,β-unsaturated/α-hetero) is 1. The maximum atomic E-state index is 12.7. The van der Waals surface area contributed by atoms with E-state index >= 15 is 0 Å². The largest absolute Gasteiger partial charge is 0.480 e. The van der Waals surface area contributed by atoms with E-state index < -0.39 is 5.97 Å². The van der Waals surface area contributed by atoms with Gasteiger partial charge in [-0.3, -0.25) is 14.4 Å². The Morgan fingerprint density at radius 3 is 2.59 bits per heavy atom. The number of carboxylic acids is 1. The van der Waals surface area contributed by atoms with E-state index in [2.05, 4.69) is 10.3 Å². The van der Waals surface area contributed by atoms with Gasteiger partial charge in [0.1, 0.15) is 12.2 Å². The van der Waals surface area contributed by atoms with E-state index in [1.54, 1.807) is 42.0 Å². The lowest BCUT2D eigenvalue weighted by atomic mass is 10.0. The summed E-state index contributed by atoms with van der Waals surface area (Å²) in [5.41, 5.74) is 3.74. The molecule has 3 rings (SSSR count). The second-order valence-electron chi connectivity index (χ2n) is 6.45. The molecule has 3 aromatic rings. The van der Waals surface area contributed by atoms with E-state index in [0.717, 1.165) is 10.9 Å². The number of carbonyl (C=O) groups is 3. The van der Waals surface area contributed by atoms with E-state index in [1.807, 2.05) is 6.92 Å². The predicted octanol–water partition coefficient (Wildman–Crippen LogP) is 3.38. The fourth-order valence-corrected chi connectivity index (χ4v) is 3.46. The van der Waals surface area contributed by atoms with Crippen LogP contribution in [-0.4, -0.2) is 32.3 Å². The lowest BCUT2D eigenvalue weighted by Crippen LogP contribution is -2.14. The number of fused-ring (bicyclic) bond motifs is 1. The van der Waals surface area contributed by atoms with Crippen LogP contribution in [0.1, 0.15) is 46.0 Å². The van der Waals surface area contributed by atoms with Crippen LogP contribution in [0.5, 0.6) is 0 Å². The molecule has 2 heterocycles. The fourth-order valence-electron chi connectivity index (χ4n) is 3.46. The van der Waals surface area contributed by atoms with Crippen molar-refractivity contribution in [3.8, 4) is 0 Å². The van der Waals surface area contributed by atoms with E-state index in [1.165, 1.54) is 6.92 Å². The van der Waals surface area contributed by atoms with Gasteiger partial charge in [-0.2, -0.15) is 0 Å². The monoisotopic (exact) mass is 367 g/mol. The van der Waals surface area contributed by atoms with Gasteiger partial charge in [0.15, 0.2) is 5.78 Å². The van der Waals surface area contributed by atoms with Crippen LogP contribution in [0, 0.1) is 6.92 Å². The quantitative estimate of drug-likeness (QED) is 0.581. The summed E-state index contributed by atoms with van der Waals surface area (Å²) < 4.78 is 1.63. The molecule has 0 bridgehead atoms. The summed E-state index contributed by atoms with van der Waals surface area (Å²) in [4.78, 5) is 38.5. The topological polar surface area (TPSA) is 104 Å². The van der Waals surface area contributed by atoms with Crippen molar-refractivity contribution < 1.29 is 19.5 Å². The van der Waals surface area contributed by atoms with Crippen molar-refractivity contribution >= 4 is 34.3 Å². The maximum Gasteiger partial charge on any atom is 0.323 e. The summed E-state index contributed by atoms with van der Waals surface area (Å²) in [6.45, 7) is 5.06. The molecule has 0 spiro atoms. The zero-order chi connectivity index (χ0) is 19.7. The smallest absolute Gasteiger partial charge is 0.323 e. The van der Waals surface area contributed by atoms with Gasteiger partial charge in [-0.15, -0.1) is 0 Å². The Labute approximate surface area is 156 Å². The van der Waals surface area contributed by atoms with Gasteiger partial charge in [-0.1, -0.05) is 6.92 Å². The number of nitrogens with one attached hydrogen (secondary N) is 2. The highest BCUT2D eigenvalue weighted by atomic mass is 16.4. The molecule has 7 nitrogen and oxygen atoms in total. The second kappa shape index (κ2) is 7.11. The molecule has 0 fully saturated rings. The summed E-state index contributed by atoms with van der Waals surface area (Å²) in [7, 11) is 0. The summed E-state index contributed by atoms with van der Waals surface area (Å²) in [5, 5.41) is 12.6. The molecule has 0 unspecified atom stereocenters. The maximum absolute atomic E-state index is 12.7. The van der Waals surface area contributed by atoms with Gasteiger partial charge < -0.3 is 20.0 Å². The fraction of sp³-hybridized carbons (Fsp3) is 0.250. The minimum absolute atomic E-state index is 0.0687. The van der Waals surface area contributed by atoms with Crippen molar-refractivity contribution in [3.05, 3.63) is 53.0 Å². The van der Waals surface area contributed by atoms with Crippen LogP contribution in [0.25, 0.3) is 10.9 Å². The van der Waals surface area contributed by atoms with Gasteiger partial charge in [-0.05, 0) is 50.1 Å². The predicted molar refractivity (Wildman–Crippen MR) is 102 cm³/mol. The number of aryl methyl sites for hydroxylation is 1. The summed E-state index contributed by atoms with van der Waals surface area (Å²) >= 11 is 0. The molecule has 1 amide bonds. The zero-order valence-electron chi connectivity index (χ0n) is 15.4. The van der Waals surface area contributed by atoms with E-state index in [4.69, 9.17) is 5.11 Å². The average Bonchev–Trinajstić information content (AvgIpc) is 3.14. The highest BCUT2D eigenvalue weighted by Gasteiger charge is 2.21. The number of benzene rings is 1. The third-order valence-corrected chi connectivity index (χ3v) is 4.56. The Morgan fingerprint density at radius 1 is 1.22 bits per heavy atom. The number of aromatic nitrogens is 2. The standard InChI is InChI=1S/C20H21N3O4/c1-4-15-18(12(3)24)11(2)21-19(15)20(27)22-14-5-6-16-13(9-14)7-8-23(16)10-17(25)26/h5-9,21H,4,10H2,1-3H3,(H,22,27)(H,25,26). The van der Waals surface area contributed by atoms with Gasteiger partial charge in [0, 0.05) is 34.0 Å². The Kier molecular flexibility index (Phi) is 4.85. The molecule has 0 saturated carbocycles. The number of H-pyrrole nitrogens is 1. The zero-order valence-corrected chi connectivity index (χ0v) is 15.4. The number of amides is 1. The number of rotatable bonds is 6. The van der Waals surface area contributed by atoms with E-state index in [0.29, 0.717) is 34.6 Å². The van der Waals surface area contributed by atoms with Crippen molar-refractivity contribution in [1.82, 2.24) is 9.55 Å². The Bertz CT molecular complexity index is 1060. The molecule has 0 radical (unpaired) electrons. The van der Waals surface area contributed by atoms with Crippen LogP contribution < -0.4 is 5.32 Å². The van der Waals surface area contributed by atoms with Gasteiger partial charge in [-0.25, -0.2) is 0 Å². The number of ketones is 1. The molecule has 0 aliphatic carbocycles. The molecule has 0 aliphatic rings. The Morgan fingerprint density at radius 2 is 1.96 bits per heavy atom. The minimum atomic E-state index is -0.916.